The van der Waals surface area contributed by atoms with Gasteiger partial charge in [0.15, 0.2) is 5.43 Å². The van der Waals surface area contributed by atoms with Crippen LogP contribution in [0.3, 0.4) is 0 Å². The number of imide groups is 1. The average Bonchev–Trinajstić information content (AvgIpc) is 2.68. The Kier molecular flexibility index (Phi) is 11.3. The molecule has 1 aromatic heterocycles. The minimum absolute atomic E-state index is 0.199. The Morgan fingerprint density at radius 2 is 1.81 bits per heavy atom. The molecule has 0 aliphatic heterocycles. The van der Waals surface area contributed by atoms with Crippen molar-refractivity contribution in [2.24, 2.45) is 5.92 Å². The Labute approximate surface area is 179 Å². The summed E-state index contributed by atoms with van der Waals surface area (Å²) in [5, 5.41) is 19.3. The summed E-state index contributed by atoms with van der Waals surface area (Å²) in [4.78, 5) is 56.9. The normalized spacial score (nSPS) is 12.2. The van der Waals surface area contributed by atoms with Gasteiger partial charge in [-0.3, -0.25) is 29.3 Å². The van der Waals surface area contributed by atoms with E-state index in [1.54, 1.807) is 18.2 Å². The maximum Gasteiger partial charge on any atom is 0.306 e. The summed E-state index contributed by atoms with van der Waals surface area (Å²) in [6, 6.07) is 1.12. The van der Waals surface area contributed by atoms with Crippen LogP contribution in [0.1, 0.15) is 68.0 Å². The molecule has 0 unspecified atom stereocenters. The predicted molar refractivity (Wildman–Crippen MR) is 112 cm³/mol. The summed E-state index contributed by atoms with van der Waals surface area (Å²) in [7, 11) is 0. The van der Waals surface area contributed by atoms with Crippen molar-refractivity contribution in [1.29, 1.82) is 0 Å². The lowest BCUT2D eigenvalue weighted by Crippen LogP contribution is -2.35. The van der Waals surface area contributed by atoms with Crippen molar-refractivity contribution in [3.63, 3.8) is 0 Å². The number of carbonyl (C=O) groups excluding carboxylic acids is 2. The minimum Gasteiger partial charge on any atom is -0.481 e. The molecule has 0 aliphatic carbocycles. The molecule has 31 heavy (non-hydrogen) atoms. The van der Waals surface area contributed by atoms with E-state index in [1.807, 2.05) is 11.4 Å². The van der Waals surface area contributed by atoms with Crippen LogP contribution in [0.15, 0.2) is 39.8 Å². The topological polar surface area (TPSA) is 151 Å². The van der Waals surface area contributed by atoms with Gasteiger partial charge < -0.3 is 14.6 Å². The van der Waals surface area contributed by atoms with E-state index in [9.17, 15) is 24.0 Å². The molecule has 3 N–H and O–H groups in total. The molecule has 1 aromatic rings. The highest BCUT2D eigenvalue weighted by Gasteiger charge is 2.19. The van der Waals surface area contributed by atoms with Gasteiger partial charge in [0.2, 0.25) is 5.91 Å². The molecule has 0 bridgehead atoms. The molecule has 1 atom stereocenters. The highest BCUT2D eigenvalue weighted by atomic mass is 16.4. The van der Waals surface area contributed by atoms with Crippen LogP contribution in [0.25, 0.3) is 6.08 Å². The molecule has 0 aliphatic rings. The van der Waals surface area contributed by atoms with Gasteiger partial charge in [-0.15, -0.1) is 0 Å². The zero-order chi connectivity index (χ0) is 23.2. The Morgan fingerprint density at radius 3 is 2.45 bits per heavy atom. The van der Waals surface area contributed by atoms with Crippen LogP contribution in [0, 0.1) is 5.92 Å². The molecular weight excluding hydrogens is 406 g/mol. The van der Waals surface area contributed by atoms with Crippen molar-refractivity contribution in [3.8, 4) is 0 Å². The SMILES string of the molecule is C[C@@H](CC(=O)NC(=O)c1coc(/C=C/C=C/CCCCCCC(=O)O)cc1=O)C(=O)O. The number of amides is 2. The number of hydrogen-bond donors (Lipinski definition) is 3. The van der Waals surface area contributed by atoms with Crippen LogP contribution in [0.4, 0.5) is 0 Å². The molecule has 0 aromatic carbocycles. The predicted octanol–water partition coefficient (Wildman–Crippen LogP) is 3.00. The number of aliphatic carboxylic acids is 2. The number of carbonyl (C=O) groups is 4. The standard InChI is InChI=1S/C22H27NO8/c1-15(22(29)30)12-19(25)23-21(28)17-14-31-16(13-18(17)24)10-8-6-4-2-3-5-7-9-11-20(26)27/h4,6,8,10,13-15H,2-3,5,7,9,11-12H2,1H3,(H,26,27)(H,29,30)(H,23,25,28)/b6-4+,10-8+/t15-/m0/s1. The molecule has 1 heterocycles. The van der Waals surface area contributed by atoms with Gasteiger partial charge in [-0.05, 0) is 25.3 Å². The fraction of sp³-hybridized carbons (Fsp3) is 0.409. The largest absolute Gasteiger partial charge is 0.481 e. The molecule has 9 heteroatoms. The lowest BCUT2D eigenvalue weighted by molar-refractivity contribution is -0.143. The van der Waals surface area contributed by atoms with Gasteiger partial charge in [0.25, 0.3) is 5.91 Å². The van der Waals surface area contributed by atoms with Gasteiger partial charge in [0, 0.05) is 18.9 Å². The van der Waals surface area contributed by atoms with Crippen LogP contribution in [-0.2, 0) is 14.4 Å². The maximum atomic E-state index is 12.1. The fourth-order valence-electron chi connectivity index (χ4n) is 2.51. The molecule has 0 saturated carbocycles. The Hall–Kier alpha value is -3.49. The molecule has 0 spiro atoms. The van der Waals surface area contributed by atoms with E-state index in [0.717, 1.165) is 38.0 Å². The van der Waals surface area contributed by atoms with Crippen molar-refractivity contribution in [1.82, 2.24) is 5.32 Å². The number of unbranched alkanes of at least 4 members (excludes halogenated alkanes) is 4. The Balaban J connectivity index is 2.46. The van der Waals surface area contributed by atoms with Gasteiger partial charge in [0.05, 0.1) is 5.92 Å². The van der Waals surface area contributed by atoms with Gasteiger partial charge in [-0.1, -0.05) is 38.0 Å². The molecule has 0 fully saturated rings. The van der Waals surface area contributed by atoms with Crippen LogP contribution in [0.5, 0.6) is 0 Å². The van der Waals surface area contributed by atoms with E-state index < -0.39 is 35.1 Å². The van der Waals surface area contributed by atoms with Crippen molar-refractivity contribution in [2.75, 3.05) is 0 Å². The number of nitrogens with one attached hydrogen (secondary N) is 1. The summed E-state index contributed by atoms with van der Waals surface area (Å²) in [6.45, 7) is 1.33. The molecule has 9 nitrogen and oxygen atoms in total. The van der Waals surface area contributed by atoms with E-state index >= 15 is 0 Å². The van der Waals surface area contributed by atoms with Gasteiger partial charge >= 0.3 is 11.9 Å². The van der Waals surface area contributed by atoms with Crippen LogP contribution < -0.4 is 10.7 Å². The molecule has 1 rings (SSSR count). The third-order valence-electron chi connectivity index (χ3n) is 4.28. The summed E-state index contributed by atoms with van der Waals surface area (Å²) in [5.41, 5.74) is -0.986. The van der Waals surface area contributed by atoms with Crippen molar-refractivity contribution < 1.29 is 33.8 Å². The van der Waals surface area contributed by atoms with Gasteiger partial charge in [-0.25, -0.2) is 0 Å². The second-order valence-corrected chi connectivity index (χ2v) is 7.01. The molecule has 168 valence electrons. The molecular formula is C22H27NO8. The quantitative estimate of drug-likeness (QED) is 0.317. The summed E-state index contributed by atoms with van der Waals surface area (Å²) < 4.78 is 5.22. The fourth-order valence-corrected chi connectivity index (χ4v) is 2.51. The smallest absolute Gasteiger partial charge is 0.306 e. The van der Waals surface area contributed by atoms with Crippen molar-refractivity contribution >= 4 is 29.8 Å². The second kappa shape index (κ2) is 13.7. The third kappa shape index (κ3) is 10.7. The lowest BCUT2D eigenvalue weighted by atomic mass is 10.1. The minimum atomic E-state index is -1.16. The Bertz CT molecular complexity index is 897. The second-order valence-electron chi connectivity index (χ2n) is 7.01. The number of hydrogen-bond acceptors (Lipinski definition) is 6. The highest BCUT2D eigenvalue weighted by molar-refractivity contribution is 6.04. The van der Waals surface area contributed by atoms with Gasteiger partial charge in [-0.2, -0.15) is 0 Å². The first-order chi connectivity index (χ1) is 14.7. The van der Waals surface area contributed by atoms with Crippen LogP contribution >= 0.6 is 0 Å². The number of rotatable bonds is 13. The van der Waals surface area contributed by atoms with E-state index in [0.29, 0.717) is 6.42 Å². The van der Waals surface area contributed by atoms with Crippen LogP contribution in [-0.4, -0.2) is 34.0 Å². The van der Waals surface area contributed by atoms with E-state index in [1.165, 1.54) is 6.92 Å². The van der Waals surface area contributed by atoms with E-state index in [2.05, 4.69) is 0 Å². The number of carboxylic acids is 2. The van der Waals surface area contributed by atoms with Gasteiger partial charge in [0.1, 0.15) is 17.6 Å². The van der Waals surface area contributed by atoms with E-state index in [4.69, 9.17) is 14.6 Å². The zero-order valence-corrected chi connectivity index (χ0v) is 17.3. The summed E-state index contributed by atoms with van der Waals surface area (Å²) in [5.74, 6) is -4.41. The number of allylic oxidation sites excluding steroid dienone is 3. The van der Waals surface area contributed by atoms with Crippen molar-refractivity contribution in [3.05, 3.63) is 52.1 Å². The molecule has 2 amide bonds. The zero-order valence-electron chi connectivity index (χ0n) is 17.3. The van der Waals surface area contributed by atoms with Crippen molar-refractivity contribution in [2.45, 2.75) is 51.9 Å². The monoisotopic (exact) mass is 433 g/mol. The molecule has 0 saturated heterocycles. The summed E-state index contributed by atoms with van der Waals surface area (Å²) in [6.07, 6.45) is 12.0. The lowest BCUT2D eigenvalue weighted by Gasteiger charge is -2.06. The molecule has 0 radical (unpaired) electrons. The van der Waals surface area contributed by atoms with Crippen LogP contribution in [0.2, 0.25) is 0 Å². The first-order valence-corrected chi connectivity index (χ1v) is 9.95. The third-order valence-corrected chi connectivity index (χ3v) is 4.28. The number of carboxylic acid groups (broad SMARTS) is 2. The van der Waals surface area contributed by atoms with E-state index in [-0.39, 0.29) is 24.2 Å². The first kappa shape index (κ1) is 25.5. The maximum absolute atomic E-state index is 12.1. The first-order valence-electron chi connectivity index (χ1n) is 9.95. The Morgan fingerprint density at radius 1 is 1.10 bits per heavy atom. The highest BCUT2D eigenvalue weighted by Crippen LogP contribution is 2.07. The summed E-state index contributed by atoms with van der Waals surface area (Å²) >= 11 is 0. The average molecular weight is 433 g/mol.